The van der Waals surface area contributed by atoms with Crippen molar-refractivity contribution in [3.8, 4) is 5.69 Å². The average Bonchev–Trinajstić information content (AvgIpc) is 3.12. The number of aromatic nitrogens is 4. The van der Waals surface area contributed by atoms with Gasteiger partial charge in [-0.25, -0.2) is 9.07 Å². The van der Waals surface area contributed by atoms with E-state index in [2.05, 4.69) is 20.4 Å². The van der Waals surface area contributed by atoms with Gasteiger partial charge in [0.05, 0.1) is 28.3 Å². The Morgan fingerprint density at radius 3 is 2.75 bits per heavy atom. The molecule has 0 aliphatic rings. The maximum absolute atomic E-state index is 13.2. The van der Waals surface area contributed by atoms with Crippen molar-refractivity contribution in [2.75, 3.05) is 7.05 Å². The standard InChI is InChI=1S/C16H17ClFN5O/c1-10-14(11(2)24-20-10)9-22(3)7-12-8-23(21-19-12)13-4-5-16(18)15(17)6-13/h4-6,8H,7,9H2,1-3H3. The second-order valence-electron chi connectivity index (χ2n) is 5.73. The zero-order valence-electron chi connectivity index (χ0n) is 13.6. The first kappa shape index (κ1) is 16.6. The highest BCUT2D eigenvalue weighted by Gasteiger charge is 2.13. The zero-order valence-corrected chi connectivity index (χ0v) is 14.4. The lowest BCUT2D eigenvalue weighted by molar-refractivity contribution is 0.311. The lowest BCUT2D eigenvalue weighted by atomic mass is 10.2. The van der Waals surface area contributed by atoms with Crippen molar-refractivity contribution < 1.29 is 8.91 Å². The van der Waals surface area contributed by atoms with Gasteiger partial charge in [0.25, 0.3) is 0 Å². The molecule has 0 saturated carbocycles. The minimum Gasteiger partial charge on any atom is -0.361 e. The molecule has 0 N–H and O–H groups in total. The summed E-state index contributed by atoms with van der Waals surface area (Å²) < 4.78 is 20.0. The van der Waals surface area contributed by atoms with Gasteiger partial charge in [-0.1, -0.05) is 22.0 Å². The number of rotatable bonds is 5. The van der Waals surface area contributed by atoms with E-state index in [4.69, 9.17) is 16.1 Å². The van der Waals surface area contributed by atoms with Crippen molar-refractivity contribution in [3.05, 3.63) is 57.9 Å². The molecular formula is C16H17ClFN5O. The SMILES string of the molecule is Cc1noc(C)c1CN(C)Cc1cn(-c2ccc(F)c(Cl)c2)nn1. The highest BCUT2D eigenvalue weighted by molar-refractivity contribution is 6.30. The van der Waals surface area contributed by atoms with Crippen LogP contribution in [-0.2, 0) is 13.1 Å². The van der Waals surface area contributed by atoms with Gasteiger partial charge < -0.3 is 4.52 Å². The van der Waals surface area contributed by atoms with Crippen LogP contribution in [0, 0.1) is 19.7 Å². The van der Waals surface area contributed by atoms with Crippen LogP contribution in [0.15, 0.2) is 28.9 Å². The van der Waals surface area contributed by atoms with Crippen LogP contribution in [0.1, 0.15) is 22.7 Å². The summed E-state index contributed by atoms with van der Waals surface area (Å²) in [5.74, 6) is 0.365. The van der Waals surface area contributed by atoms with Crippen LogP contribution < -0.4 is 0 Å². The summed E-state index contributed by atoms with van der Waals surface area (Å²) >= 11 is 5.80. The first-order chi connectivity index (χ1) is 11.4. The van der Waals surface area contributed by atoms with E-state index in [1.807, 2.05) is 20.9 Å². The Kier molecular flexibility index (Phi) is 4.64. The number of nitrogens with zero attached hydrogens (tertiary/aromatic N) is 5. The molecule has 0 amide bonds. The summed E-state index contributed by atoms with van der Waals surface area (Å²) in [6.45, 7) is 5.14. The van der Waals surface area contributed by atoms with E-state index in [0.29, 0.717) is 18.8 Å². The molecule has 8 heteroatoms. The summed E-state index contributed by atoms with van der Waals surface area (Å²) in [4.78, 5) is 2.10. The molecule has 6 nitrogen and oxygen atoms in total. The quantitative estimate of drug-likeness (QED) is 0.707. The third-order valence-corrected chi connectivity index (χ3v) is 4.04. The Morgan fingerprint density at radius 1 is 1.29 bits per heavy atom. The third kappa shape index (κ3) is 3.47. The predicted molar refractivity (Wildman–Crippen MR) is 87.5 cm³/mol. The van der Waals surface area contributed by atoms with Gasteiger partial charge in [0.2, 0.25) is 0 Å². The second kappa shape index (κ2) is 6.70. The minimum atomic E-state index is -0.458. The van der Waals surface area contributed by atoms with Crippen molar-refractivity contribution in [1.29, 1.82) is 0 Å². The number of hydrogen-bond acceptors (Lipinski definition) is 5. The Morgan fingerprint density at radius 2 is 2.08 bits per heavy atom. The lowest BCUT2D eigenvalue weighted by Crippen LogP contribution is -2.18. The summed E-state index contributed by atoms with van der Waals surface area (Å²) in [5.41, 5.74) is 3.43. The summed E-state index contributed by atoms with van der Waals surface area (Å²) in [6, 6.07) is 4.43. The van der Waals surface area contributed by atoms with Crippen molar-refractivity contribution in [2.45, 2.75) is 26.9 Å². The molecule has 0 spiro atoms. The van der Waals surface area contributed by atoms with Crippen LogP contribution in [0.4, 0.5) is 4.39 Å². The first-order valence-electron chi connectivity index (χ1n) is 7.41. The molecule has 1 aromatic carbocycles. The van der Waals surface area contributed by atoms with E-state index in [0.717, 1.165) is 22.7 Å². The van der Waals surface area contributed by atoms with E-state index < -0.39 is 5.82 Å². The van der Waals surface area contributed by atoms with Crippen molar-refractivity contribution in [3.63, 3.8) is 0 Å². The molecule has 3 aromatic rings. The fourth-order valence-electron chi connectivity index (χ4n) is 2.45. The van der Waals surface area contributed by atoms with Crippen LogP contribution in [0.2, 0.25) is 5.02 Å². The predicted octanol–water partition coefficient (Wildman–Crippen LogP) is 3.30. The minimum absolute atomic E-state index is 0.0556. The van der Waals surface area contributed by atoms with Gasteiger partial charge in [-0.3, -0.25) is 4.90 Å². The van der Waals surface area contributed by atoms with Gasteiger partial charge in [0.15, 0.2) is 0 Å². The Hall–Kier alpha value is -2.25. The normalized spacial score (nSPS) is 11.4. The van der Waals surface area contributed by atoms with Gasteiger partial charge in [-0.2, -0.15) is 0 Å². The van der Waals surface area contributed by atoms with Crippen LogP contribution in [0.5, 0.6) is 0 Å². The summed E-state index contributed by atoms with van der Waals surface area (Å²) in [5, 5.41) is 12.2. The molecule has 0 atom stereocenters. The maximum Gasteiger partial charge on any atom is 0.141 e. The first-order valence-corrected chi connectivity index (χ1v) is 7.79. The van der Waals surface area contributed by atoms with Crippen molar-refractivity contribution >= 4 is 11.6 Å². The molecule has 0 bridgehead atoms. The smallest absolute Gasteiger partial charge is 0.141 e. The van der Waals surface area contributed by atoms with E-state index in [-0.39, 0.29) is 5.02 Å². The summed E-state index contributed by atoms with van der Waals surface area (Å²) in [7, 11) is 1.99. The van der Waals surface area contributed by atoms with E-state index in [1.165, 1.54) is 12.1 Å². The lowest BCUT2D eigenvalue weighted by Gasteiger charge is -2.14. The zero-order chi connectivity index (χ0) is 17.3. The summed E-state index contributed by atoms with van der Waals surface area (Å²) in [6.07, 6.45) is 1.80. The molecular weight excluding hydrogens is 333 g/mol. The average molecular weight is 350 g/mol. The van der Waals surface area contributed by atoms with Crippen molar-refractivity contribution in [1.82, 2.24) is 25.1 Å². The molecule has 0 fully saturated rings. The fraction of sp³-hybridized carbons (Fsp3) is 0.312. The number of aryl methyl sites for hydroxylation is 2. The Balaban J connectivity index is 1.70. The molecule has 0 aliphatic heterocycles. The van der Waals surface area contributed by atoms with E-state index in [9.17, 15) is 4.39 Å². The van der Waals surface area contributed by atoms with Gasteiger partial charge in [0.1, 0.15) is 11.6 Å². The molecule has 0 aliphatic carbocycles. The van der Waals surface area contributed by atoms with Gasteiger partial charge in [0, 0.05) is 18.7 Å². The van der Waals surface area contributed by atoms with E-state index >= 15 is 0 Å². The molecule has 3 rings (SSSR count). The highest BCUT2D eigenvalue weighted by atomic mass is 35.5. The Labute approximate surface area is 143 Å². The highest BCUT2D eigenvalue weighted by Crippen LogP contribution is 2.19. The molecule has 0 radical (unpaired) electrons. The van der Waals surface area contributed by atoms with Crippen LogP contribution in [0.25, 0.3) is 5.69 Å². The van der Waals surface area contributed by atoms with Crippen LogP contribution >= 0.6 is 11.6 Å². The fourth-order valence-corrected chi connectivity index (χ4v) is 2.63. The molecule has 126 valence electrons. The third-order valence-electron chi connectivity index (χ3n) is 3.75. The molecule has 0 unspecified atom stereocenters. The molecule has 0 saturated heterocycles. The second-order valence-corrected chi connectivity index (χ2v) is 6.14. The maximum atomic E-state index is 13.2. The van der Waals surface area contributed by atoms with Gasteiger partial charge in [-0.05, 0) is 39.1 Å². The van der Waals surface area contributed by atoms with E-state index in [1.54, 1.807) is 16.9 Å². The van der Waals surface area contributed by atoms with Gasteiger partial charge >= 0.3 is 0 Å². The molecule has 24 heavy (non-hydrogen) atoms. The van der Waals surface area contributed by atoms with Crippen LogP contribution in [-0.4, -0.2) is 32.1 Å². The molecule has 2 aromatic heterocycles. The number of hydrogen-bond donors (Lipinski definition) is 0. The van der Waals surface area contributed by atoms with Gasteiger partial charge in [-0.15, -0.1) is 5.10 Å². The van der Waals surface area contributed by atoms with Crippen LogP contribution in [0.3, 0.4) is 0 Å². The largest absolute Gasteiger partial charge is 0.361 e. The monoisotopic (exact) mass is 349 g/mol. The Bertz CT molecular complexity index is 841. The number of halogens is 2. The molecule has 2 heterocycles. The van der Waals surface area contributed by atoms with Crippen molar-refractivity contribution in [2.24, 2.45) is 0 Å². The topological polar surface area (TPSA) is 60.0 Å². The number of benzene rings is 1.